The predicted molar refractivity (Wildman–Crippen MR) is 104 cm³/mol. The summed E-state index contributed by atoms with van der Waals surface area (Å²) in [4.78, 5) is 19.9. The van der Waals surface area contributed by atoms with Crippen molar-refractivity contribution in [1.82, 2.24) is 14.8 Å². The maximum absolute atomic E-state index is 12.0. The molecule has 140 valence electrons. The van der Waals surface area contributed by atoms with Crippen molar-refractivity contribution < 1.29 is 4.74 Å². The van der Waals surface area contributed by atoms with Crippen molar-refractivity contribution in [3.8, 4) is 5.75 Å². The van der Waals surface area contributed by atoms with Crippen molar-refractivity contribution in [3.05, 3.63) is 63.6 Å². The van der Waals surface area contributed by atoms with Gasteiger partial charge in [-0.05, 0) is 44.6 Å². The number of nitrogens with one attached hydrogen (secondary N) is 1. The lowest BCUT2D eigenvalue weighted by atomic mass is 9.94. The second kappa shape index (κ2) is 8.52. The van der Waals surface area contributed by atoms with Crippen LogP contribution >= 0.6 is 0 Å². The Labute approximate surface area is 155 Å². The molecule has 0 aliphatic carbocycles. The highest BCUT2D eigenvalue weighted by Crippen LogP contribution is 2.32. The fraction of sp³-hybridized carbons (Fsp3) is 0.476. The molecule has 3 rings (SSSR count). The zero-order valence-corrected chi connectivity index (χ0v) is 16.0. The van der Waals surface area contributed by atoms with Gasteiger partial charge in [0.25, 0.3) is 0 Å². The highest BCUT2D eigenvalue weighted by molar-refractivity contribution is 5.26. The van der Waals surface area contributed by atoms with Crippen LogP contribution in [0.3, 0.4) is 0 Å². The molecule has 26 heavy (non-hydrogen) atoms. The number of H-pyrrole nitrogens is 1. The second-order valence-electron chi connectivity index (χ2n) is 7.35. The van der Waals surface area contributed by atoms with Crippen molar-refractivity contribution in [1.29, 1.82) is 0 Å². The Morgan fingerprint density at radius 2 is 2.00 bits per heavy atom. The molecule has 0 amide bonds. The van der Waals surface area contributed by atoms with Crippen LogP contribution in [-0.2, 0) is 13.1 Å². The summed E-state index contributed by atoms with van der Waals surface area (Å²) in [5.41, 5.74) is 3.57. The fourth-order valence-electron chi connectivity index (χ4n) is 3.74. The average Bonchev–Trinajstić information content (AvgIpc) is 2.63. The normalized spacial score (nSPS) is 18.2. The van der Waals surface area contributed by atoms with Crippen LogP contribution in [0.25, 0.3) is 0 Å². The van der Waals surface area contributed by atoms with Gasteiger partial charge in [-0.2, -0.15) is 0 Å². The highest BCUT2D eigenvalue weighted by atomic mass is 16.5. The van der Waals surface area contributed by atoms with E-state index in [4.69, 9.17) is 4.74 Å². The molecule has 2 aromatic rings. The summed E-state index contributed by atoms with van der Waals surface area (Å²) in [5, 5.41) is 0. The SMILES string of the molecule is COc1c[nH]c(CN2CCCC[C@H]2c2ccc(CN(C)C)cc2)cc1=O. The van der Waals surface area contributed by atoms with E-state index in [1.54, 1.807) is 12.3 Å². The fourth-order valence-corrected chi connectivity index (χ4v) is 3.74. The van der Waals surface area contributed by atoms with Crippen LogP contribution in [0.1, 0.15) is 42.1 Å². The van der Waals surface area contributed by atoms with E-state index in [1.807, 2.05) is 0 Å². The first-order valence-corrected chi connectivity index (χ1v) is 9.30. The number of aromatic amines is 1. The minimum absolute atomic E-state index is 0.0668. The lowest BCUT2D eigenvalue weighted by molar-refractivity contribution is 0.138. The minimum Gasteiger partial charge on any atom is -0.491 e. The molecule has 1 aliphatic rings. The smallest absolute Gasteiger partial charge is 0.223 e. The zero-order valence-electron chi connectivity index (χ0n) is 16.0. The van der Waals surface area contributed by atoms with E-state index in [2.05, 4.69) is 53.1 Å². The van der Waals surface area contributed by atoms with Crippen molar-refractivity contribution in [2.24, 2.45) is 0 Å². The first-order valence-electron chi connectivity index (χ1n) is 9.30. The van der Waals surface area contributed by atoms with Gasteiger partial charge in [0, 0.05) is 37.1 Å². The number of pyridine rings is 1. The minimum atomic E-state index is -0.0668. The van der Waals surface area contributed by atoms with Crippen LogP contribution < -0.4 is 10.2 Å². The molecule has 1 aromatic carbocycles. The number of benzene rings is 1. The first kappa shape index (κ1) is 18.7. The van der Waals surface area contributed by atoms with Crippen molar-refractivity contribution in [3.63, 3.8) is 0 Å². The highest BCUT2D eigenvalue weighted by Gasteiger charge is 2.24. The van der Waals surface area contributed by atoms with E-state index in [0.717, 1.165) is 31.7 Å². The number of nitrogens with zero attached hydrogens (tertiary/aromatic N) is 2. The number of rotatable bonds is 6. The maximum atomic E-state index is 12.0. The summed E-state index contributed by atoms with van der Waals surface area (Å²) in [6, 6.07) is 11.1. The number of aromatic nitrogens is 1. The van der Waals surface area contributed by atoms with E-state index >= 15 is 0 Å². The van der Waals surface area contributed by atoms with Crippen molar-refractivity contribution in [2.45, 2.75) is 38.4 Å². The van der Waals surface area contributed by atoms with Crippen molar-refractivity contribution in [2.75, 3.05) is 27.7 Å². The lowest BCUT2D eigenvalue weighted by Gasteiger charge is -2.36. The summed E-state index contributed by atoms with van der Waals surface area (Å²) in [7, 11) is 5.70. The third-order valence-corrected chi connectivity index (χ3v) is 5.01. The molecule has 0 radical (unpaired) electrons. The molecule has 5 nitrogen and oxygen atoms in total. The third kappa shape index (κ3) is 4.54. The molecule has 1 aromatic heterocycles. The molecule has 2 heterocycles. The summed E-state index contributed by atoms with van der Waals surface area (Å²) in [6.45, 7) is 2.77. The number of methoxy groups -OCH3 is 1. The van der Waals surface area contributed by atoms with Gasteiger partial charge in [-0.25, -0.2) is 0 Å². The van der Waals surface area contributed by atoms with Gasteiger partial charge in [-0.3, -0.25) is 9.69 Å². The summed E-state index contributed by atoms with van der Waals surface area (Å²) in [5.74, 6) is 0.362. The molecular weight excluding hydrogens is 326 g/mol. The Morgan fingerprint density at radius 3 is 2.65 bits per heavy atom. The van der Waals surface area contributed by atoms with Gasteiger partial charge in [0.05, 0.1) is 7.11 Å². The lowest BCUT2D eigenvalue weighted by Crippen LogP contribution is -2.33. The largest absolute Gasteiger partial charge is 0.491 e. The first-order chi connectivity index (χ1) is 12.6. The van der Waals surface area contributed by atoms with Crippen molar-refractivity contribution >= 4 is 0 Å². The second-order valence-corrected chi connectivity index (χ2v) is 7.35. The molecule has 1 fully saturated rings. The number of hydrogen-bond acceptors (Lipinski definition) is 4. The summed E-state index contributed by atoms with van der Waals surface area (Å²) < 4.78 is 5.06. The predicted octanol–water partition coefficient (Wildman–Crippen LogP) is 3.17. The molecule has 1 N–H and O–H groups in total. The van der Waals surface area contributed by atoms with E-state index in [1.165, 1.54) is 31.1 Å². The number of ether oxygens (including phenoxy) is 1. The Balaban J connectivity index is 1.75. The van der Waals surface area contributed by atoms with Crippen LogP contribution in [0.5, 0.6) is 5.75 Å². The zero-order chi connectivity index (χ0) is 18.5. The Hall–Kier alpha value is -2.11. The van der Waals surface area contributed by atoms with Crippen LogP contribution in [-0.4, -0.2) is 42.5 Å². The quantitative estimate of drug-likeness (QED) is 0.865. The van der Waals surface area contributed by atoms with E-state index in [-0.39, 0.29) is 5.43 Å². The standard InChI is InChI=1S/C21H29N3O2/c1-23(2)14-16-7-9-17(10-8-16)19-6-4-5-11-24(19)15-18-12-20(25)21(26-3)13-22-18/h7-10,12-13,19H,4-6,11,14-15H2,1-3H3,(H,22,25)/t19-/m0/s1. The van der Waals surface area contributed by atoms with Gasteiger partial charge in [-0.1, -0.05) is 30.7 Å². The monoisotopic (exact) mass is 355 g/mol. The number of hydrogen-bond donors (Lipinski definition) is 1. The van der Waals surface area contributed by atoms with Crippen LogP contribution in [0, 0.1) is 0 Å². The molecule has 0 bridgehead atoms. The topological polar surface area (TPSA) is 48.6 Å². The number of piperidine rings is 1. The maximum Gasteiger partial charge on any atom is 0.223 e. The van der Waals surface area contributed by atoms with Crippen LogP contribution in [0.4, 0.5) is 0 Å². The Morgan fingerprint density at radius 1 is 1.23 bits per heavy atom. The third-order valence-electron chi connectivity index (χ3n) is 5.01. The summed E-state index contributed by atoms with van der Waals surface area (Å²) >= 11 is 0. The molecule has 5 heteroatoms. The van der Waals surface area contributed by atoms with Crippen LogP contribution in [0.2, 0.25) is 0 Å². The van der Waals surface area contributed by atoms with Gasteiger partial charge < -0.3 is 14.6 Å². The van der Waals surface area contributed by atoms with E-state index in [0.29, 0.717) is 11.8 Å². The van der Waals surface area contributed by atoms with Gasteiger partial charge in [-0.15, -0.1) is 0 Å². The molecular formula is C21H29N3O2. The average molecular weight is 355 g/mol. The number of likely N-dealkylation sites (tertiary alicyclic amines) is 1. The van der Waals surface area contributed by atoms with Gasteiger partial charge in [0.2, 0.25) is 5.43 Å². The van der Waals surface area contributed by atoms with E-state index in [9.17, 15) is 4.79 Å². The molecule has 1 atom stereocenters. The molecule has 0 unspecified atom stereocenters. The molecule has 1 saturated heterocycles. The Kier molecular flexibility index (Phi) is 6.12. The molecule has 0 spiro atoms. The van der Waals surface area contributed by atoms with Gasteiger partial charge in [0.15, 0.2) is 5.75 Å². The molecule has 0 saturated carbocycles. The Bertz CT molecular complexity index is 768. The van der Waals surface area contributed by atoms with Gasteiger partial charge in [0.1, 0.15) is 0 Å². The molecule has 1 aliphatic heterocycles. The summed E-state index contributed by atoms with van der Waals surface area (Å²) in [6.07, 6.45) is 5.27. The van der Waals surface area contributed by atoms with Crippen LogP contribution in [0.15, 0.2) is 41.3 Å². The van der Waals surface area contributed by atoms with Gasteiger partial charge >= 0.3 is 0 Å². The van der Waals surface area contributed by atoms with E-state index < -0.39 is 0 Å².